The highest BCUT2D eigenvalue weighted by Crippen LogP contribution is 2.29. The Balaban J connectivity index is 1.73. The molecule has 3 aromatic rings. The van der Waals surface area contributed by atoms with Crippen LogP contribution in [-0.2, 0) is 0 Å². The third kappa shape index (κ3) is 4.91. The van der Waals surface area contributed by atoms with Gasteiger partial charge in [0.1, 0.15) is 11.3 Å². The summed E-state index contributed by atoms with van der Waals surface area (Å²) in [5.41, 5.74) is 5.00. The number of hydrogen-bond acceptors (Lipinski definition) is 8. The van der Waals surface area contributed by atoms with Crippen molar-refractivity contribution in [2.75, 3.05) is 19.6 Å². The fraction of sp³-hybridized carbons (Fsp3) is 0.190. The average molecular weight is 411 g/mol. The van der Waals surface area contributed by atoms with Crippen molar-refractivity contribution in [1.82, 2.24) is 4.98 Å². The number of carbonyl (C=O) groups is 1. The van der Waals surface area contributed by atoms with E-state index in [1.54, 1.807) is 48.7 Å². The Bertz CT molecular complexity index is 1030. The van der Waals surface area contributed by atoms with E-state index < -0.39 is 5.97 Å². The van der Waals surface area contributed by atoms with Gasteiger partial charge in [0.05, 0.1) is 26.1 Å². The van der Waals surface area contributed by atoms with Crippen molar-refractivity contribution < 1.29 is 19.0 Å². The quantitative estimate of drug-likeness (QED) is 0.268. The van der Waals surface area contributed by atoms with Crippen molar-refractivity contribution in [3.63, 3.8) is 0 Å². The number of esters is 1. The molecule has 3 rings (SSSR count). The van der Waals surface area contributed by atoms with Gasteiger partial charge in [-0.3, -0.25) is 5.43 Å². The number of hydrogen-bond donors (Lipinski definition) is 1. The summed E-state index contributed by atoms with van der Waals surface area (Å²) in [5.74, 6) is 0.634. The maximum Gasteiger partial charge on any atom is 0.347 e. The number of hydrazone groups is 1. The minimum Gasteiger partial charge on any atom is -0.496 e. The fourth-order valence-electron chi connectivity index (χ4n) is 2.50. The number of nitrogens with zero attached hydrogens (tertiary/aromatic N) is 2. The molecule has 0 radical (unpaired) electrons. The second-order valence-corrected chi connectivity index (χ2v) is 7.23. The first-order valence-electron chi connectivity index (χ1n) is 8.78. The average Bonchev–Trinajstić information content (AvgIpc) is 3.06. The van der Waals surface area contributed by atoms with Crippen molar-refractivity contribution in [3.05, 3.63) is 64.2 Å². The molecule has 0 aliphatic heterocycles. The van der Waals surface area contributed by atoms with E-state index in [1.807, 2.05) is 13.8 Å². The molecule has 0 spiro atoms. The summed E-state index contributed by atoms with van der Waals surface area (Å²) in [7, 11) is 3.01. The smallest absolute Gasteiger partial charge is 0.347 e. The van der Waals surface area contributed by atoms with Crippen LogP contribution in [0.5, 0.6) is 17.2 Å². The Morgan fingerprint density at radius 1 is 1.07 bits per heavy atom. The molecular weight excluding hydrogens is 390 g/mol. The molecule has 1 aromatic heterocycles. The monoisotopic (exact) mass is 411 g/mol. The van der Waals surface area contributed by atoms with Crippen LogP contribution >= 0.6 is 11.3 Å². The van der Waals surface area contributed by atoms with Gasteiger partial charge in [-0.1, -0.05) is 12.1 Å². The van der Waals surface area contributed by atoms with Crippen LogP contribution in [0.4, 0.5) is 5.13 Å². The second kappa shape index (κ2) is 9.20. The Morgan fingerprint density at radius 2 is 1.83 bits per heavy atom. The number of ether oxygens (including phenoxy) is 3. The summed E-state index contributed by atoms with van der Waals surface area (Å²) < 4.78 is 16.1. The van der Waals surface area contributed by atoms with Crippen LogP contribution in [0.3, 0.4) is 0 Å². The predicted octanol–water partition coefficient (Wildman–Crippen LogP) is 4.44. The molecule has 1 N–H and O–H groups in total. The van der Waals surface area contributed by atoms with E-state index in [-0.39, 0.29) is 0 Å². The summed E-state index contributed by atoms with van der Waals surface area (Å²) in [5, 5.41) is 4.92. The first-order valence-corrected chi connectivity index (χ1v) is 9.59. The highest BCUT2D eigenvalue weighted by atomic mass is 32.1. The molecule has 29 heavy (non-hydrogen) atoms. The van der Waals surface area contributed by atoms with E-state index in [4.69, 9.17) is 14.2 Å². The number of thiazole rings is 1. The molecule has 0 aliphatic carbocycles. The number of benzene rings is 2. The molecule has 0 unspecified atom stereocenters. The van der Waals surface area contributed by atoms with Crippen molar-refractivity contribution in [2.24, 2.45) is 5.10 Å². The van der Waals surface area contributed by atoms with Gasteiger partial charge in [-0.25, -0.2) is 9.78 Å². The number of anilines is 1. The molecule has 0 amide bonds. The van der Waals surface area contributed by atoms with Gasteiger partial charge in [-0.2, -0.15) is 5.10 Å². The zero-order valence-corrected chi connectivity index (χ0v) is 17.4. The second-order valence-electron chi connectivity index (χ2n) is 6.03. The molecule has 0 saturated carbocycles. The fourth-order valence-corrected chi connectivity index (χ4v) is 3.26. The molecule has 0 aliphatic rings. The van der Waals surface area contributed by atoms with Crippen molar-refractivity contribution in [3.8, 4) is 17.2 Å². The zero-order chi connectivity index (χ0) is 20.8. The van der Waals surface area contributed by atoms with Crippen LogP contribution in [0.25, 0.3) is 0 Å². The van der Waals surface area contributed by atoms with Crippen molar-refractivity contribution in [2.45, 2.75) is 13.8 Å². The van der Waals surface area contributed by atoms with Gasteiger partial charge in [0.2, 0.25) is 5.13 Å². The number of para-hydroxylation sites is 1. The first-order chi connectivity index (χ1) is 14.0. The molecule has 7 nitrogen and oxygen atoms in total. The summed E-state index contributed by atoms with van der Waals surface area (Å²) in [6.45, 7) is 3.97. The van der Waals surface area contributed by atoms with Crippen molar-refractivity contribution in [1.29, 1.82) is 0 Å². The third-order valence-corrected chi connectivity index (χ3v) is 5.10. The Hall–Kier alpha value is -3.39. The number of aromatic nitrogens is 1. The molecule has 0 atom stereocenters. The normalized spacial score (nSPS) is 10.8. The maximum absolute atomic E-state index is 12.5. The summed E-state index contributed by atoms with van der Waals surface area (Å²) >= 11 is 1.54. The van der Waals surface area contributed by atoms with Crippen LogP contribution in [0.1, 0.15) is 26.5 Å². The topological polar surface area (TPSA) is 82.0 Å². The van der Waals surface area contributed by atoms with Crippen LogP contribution < -0.4 is 19.6 Å². The van der Waals surface area contributed by atoms with E-state index in [0.29, 0.717) is 22.8 Å². The lowest BCUT2D eigenvalue weighted by molar-refractivity contribution is 0.0726. The number of nitrogens with one attached hydrogen (secondary N) is 1. The first kappa shape index (κ1) is 20.3. The minimum absolute atomic E-state index is 0.305. The highest BCUT2D eigenvalue weighted by Gasteiger charge is 2.16. The molecular formula is C21H21N3O4S. The van der Waals surface area contributed by atoms with E-state index >= 15 is 0 Å². The van der Waals surface area contributed by atoms with E-state index in [2.05, 4.69) is 15.5 Å². The van der Waals surface area contributed by atoms with Crippen molar-refractivity contribution >= 4 is 28.7 Å². The maximum atomic E-state index is 12.5. The molecule has 1 heterocycles. The zero-order valence-electron chi connectivity index (χ0n) is 16.6. The highest BCUT2D eigenvalue weighted by molar-refractivity contribution is 7.15. The summed E-state index contributed by atoms with van der Waals surface area (Å²) in [6.07, 6.45) is 1.64. The number of carbonyl (C=O) groups excluding carboxylic acids is 1. The van der Waals surface area contributed by atoms with Gasteiger partial charge < -0.3 is 14.2 Å². The Morgan fingerprint density at radius 3 is 2.52 bits per heavy atom. The van der Waals surface area contributed by atoms with E-state index in [9.17, 15) is 4.79 Å². The molecule has 0 saturated heterocycles. The lowest BCUT2D eigenvalue weighted by atomic mass is 10.2. The summed E-state index contributed by atoms with van der Waals surface area (Å²) in [6, 6.07) is 12.0. The Labute approximate surface area is 173 Å². The van der Waals surface area contributed by atoms with Gasteiger partial charge in [0.15, 0.2) is 11.5 Å². The Kier molecular flexibility index (Phi) is 6.46. The molecule has 2 aromatic carbocycles. The van der Waals surface area contributed by atoms with Gasteiger partial charge in [-0.05, 0) is 49.7 Å². The van der Waals surface area contributed by atoms with Gasteiger partial charge in [0, 0.05) is 4.88 Å². The molecule has 150 valence electrons. The van der Waals surface area contributed by atoms with E-state index in [1.165, 1.54) is 25.6 Å². The lowest BCUT2D eigenvalue weighted by Crippen LogP contribution is -2.10. The third-order valence-electron chi connectivity index (χ3n) is 4.12. The lowest BCUT2D eigenvalue weighted by Gasteiger charge is -2.11. The van der Waals surface area contributed by atoms with Gasteiger partial charge in [-0.15, -0.1) is 11.3 Å². The number of aryl methyl sites for hydroxylation is 2. The molecule has 0 bridgehead atoms. The van der Waals surface area contributed by atoms with E-state index in [0.717, 1.165) is 21.3 Å². The molecule has 8 heteroatoms. The van der Waals surface area contributed by atoms with Crippen LogP contribution in [0.2, 0.25) is 0 Å². The SMILES string of the molecule is COc1cc(/C=N/Nc2nc(C)c(C)s2)ccc1OC(=O)c1ccccc1OC. The number of methoxy groups -OCH3 is 2. The summed E-state index contributed by atoms with van der Waals surface area (Å²) in [4.78, 5) is 18.0. The predicted molar refractivity (Wildman–Crippen MR) is 114 cm³/mol. The minimum atomic E-state index is -0.529. The van der Waals surface area contributed by atoms with Gasteiger partial charge >= 0.3 is 5.97 Å². The van der Waals surface area contributed by atoms with Crippen LogP contribution in [0, 0.1) is 13.8 Å². The standard InChI is InChI=1S/C21H21N3O4S/c1-13-14(2)29-21(23-13)24-22-12-15-9-10-18(19(11-15)27-4)28-20(25)16-7-5-6-8-17(16)26-3/h5-12H,1-4H3,(H,23,24)/b22-12+. The molecule has 0 fully saturated rings. The number of rotatable bonds is 7. The van der Waals surface area contributed by atoms with Crippen LogP contribution in [-0.4, -0.2) is 31.4 Å². The van der Waals surface area contributed by atoms with Gasteiger partial charge in [0.25, 0.3) is 0 Å². The van der Waals surface area contributed by atoms with Crippen LogP contribution in [0.15, 0.2) is 47.6 Å². The largest absolute Gasteiger partial charge is 0.496 e.